The molecule has 2 heteroatoms. The molecule has 3 rings (SSSR count). The van der Waals surface area contributed by atoms with Crippen LogP contribution in [0.2, 0.25) is 0 Å². The first kappa shape index (κ1) is 12.8. The molecule has 0 spiro atoms. The molecule has 0 radical (unpaired) electrons. The quantitative estimate of drug-likeness (QED) is 0.693. The van der Waals surface area contributed by atoms with Crippen molar-refractivity contribution in [2.45, 2.75) is 20.8 Å². The summed E-state index contributed by atoms with van der Waals surface area (Å²) in [5.41, 5.74) is 7.39. The molecule has 20 heavy (non-hydrogen) atoms. The second kappa shape index (κ2) is 5.04. The van der Waals surface area contributed by atoms with Crippen LogP contribution in [-0.2, 0) is 0 Å². The van der Waals surface area contributed by atoms with Gasteiger partial charge >= 0.3 is 0 Å². The van der Waals surface area contributed by atoms with Crippen LogP contribution in [0.1, 0.15) is 18.1 Å². The van der Waals surface area contributed by atoms with Crippen molar-refractivity contribution in [2.24, 2.45) is 0 Å². The summed E-state index contributed by atoms with van der Waals surface area (Å²) < 4.78 is 0. The number of anilines is 1. The van der Waals surface area contributed by atoms with E-state index in [1.807, 2.05) is 0 Å². The summed E-state index contributed by atoms with van der Waals surface area (Å²) in [7, 11) is 0. The minimum Gasteiger partial charge on any atom is -0.383 e. The average molecular weight is 264 g/mol. The maximum atomic E-state index is 3.56. The molecule has 0 bridgehead atoms. The first-order valence-corrected chi connectivity index (χ1v) is 7.12. The van der Waals surface area contributed by atoms with Gasteiger partial charge in [-0.2, -0.15) is 0 Å². The highest BCUT2D eigenvalue weighted by molar-refractivity contribution is 6.01. The van der Waals surface area contributed by atoms with Crippen molar-refractivity contribution in [1.82, 2.24) is 4.98 Å². The Balaban J connectivity index is 2.26. The molecule has 0 aliphatic carbocycles. The summed E-state index contributed by atoms with van der Waals surface area (Å²) in [5.74, 6) is 0. The maximum absolute atomic E-state index is 3.56. The van der Waals surface area contributed by atoms with Gasteiger partial charge < -0.3 is 10.3 Å². The summed E-state index contributed by atoms with van der Waals surface area (Å²) in [6.45, 7) is 7.34. The Morgan fingerprint density at radius 2 is 1.70 bits per heavy atom. The molecule has 3 aromatic rings. The molecule has 2 nitrogen and oxygen atoms in total. The highest BCUT2D eigenvalue weighted by atomic mass is 14.9. The fourth-order valence-corrected chi connectivity index (χ4v) is 2.84. The third-order valence-corrected chi connectivity index (χ3v) is 3.57. The number of aromatic amines is 1. The number of H-pyrrole nitrogens is 1. The molecule has 0 fully saturated rings. The number of aryl methyl sites for hydroxylation is 2. The molecule has 2 aromatic carbocycles. The van der Waals surface area contributed by atoms with Crippen molar-refractivity contribution in [1.29, 1.82) is 0 Å². The zero-order valence-electron chi connectivity index (χ0n) is 12.2. The fraction of sp³-hybridized carbons (Fsp3) is 0.222. The molecule has 0 saturated carbocycles. The van der Waals surface area contributed by atoms with Crippen LogP contribution in [0.15, 0.2) is 42.5 Å². The van der Waals surface area contributed by atoms with Gasteiger partial charge in [0, 0.05) is 23.0 Å². The van der Waals surface area contributed by atoms with E-state index in [4.69, 9.17) is 0 Å². The zero-order chi connectivity index (χ0) is 14.1. The lowest BCUT2D eigenvalue weighted by atomic mass is 10.0. The second-order valence-corrected chi connectivity index (χ2v) is 5.33. The number of hydrogen-bond acceptors (Lipinski definition) is 1. The van der Waals surface area contributed by atoms with Crippen molar-refractivity contribution in [2.75, 3.05) is 11.9 Å². The van der Waals surface area contributed by atoms with Gasteiger partial charge in [0.2, 0.25) is 0 Å². The van der Waals surface area contributed by atoms with Gasteiger partial charge in [-0.1, -0.05) is 35.4 Å². The second-order valence-electron chi connectivity index (χ2n) is 5.33. The van der Waals surface area contributed by atoms with E-state index in [1.54, 1.807) is 0 Å². The molecule has 0 aliphatic rings. The van der Waals surface area contributed by atoms with Gasteiger partial charge in [0.1, 0.15) is 0 Å². The van der Waals surface area contributed by atoms with Gasteiger partial charge in [-0.05, 0) is 39.0 Å². The van der Waals surface area contributed by atoms with E-state index in [0.717, 1.165) is 6.54 Å². The van der Waals surface area contributed by atoms with Crippen molar-refractivity contribution in [3.63, 3.8) is 0 Å². The maximum Gasteiger partial charge on any atom is 0.0700 e. The van der Waals surface area contributed by atoms with E-state index < -0.39 is 0 Å². The highest BCUT2D eigenvalue weighted by Gasteiger charge is 2.12. The van der Waals surface area contributed by atoms with Crippen LogP contribution in [0, 0.1) is 13.8 Å². The van der Waals surface area contributed by atoms with Gasteiger partial charge in [0.15, 0.2) is 0 Å². The number of benzene rings is 2. The van der Waals surface area contributed by atoms with E-state index in [2.05, 4.69) is 73.5 Å². The number of hydrogen-bond donors (Lipinski definition) is 2. The molecule has 0 atom stereocenters. The average Bonchev–Trinajstić information content (AvgIpc) is 2.77. The van der Waals surface area contributed by atoms with Crippen molar-refractivity contribution in [3.8, 4) is 11.3 Å². The number of aromatic nitrogens is 1. The summed E-state index contributed by atoms with van der Waals surface area (Å²) >= 11 is 0. The molecular formula is C18H20N2. The normalized spacial score (nSPS) is 10.9. The monoisotopic (exact) mass is 264 g/mol. The van der Waals surface area contributed by atoms with Crippen LogP contribution in [0.5, 0.6) is 0 Å². The van der Waals surface area contributed by atoms with Gasteiger partial charge in [0.05, 0.1) is 11.4 Å². The highest BCUT2D eigenvalue weighted by Crippen LogP contribution is 2.35. The van der Waals surface area contributed by atoms with Crippen molar-refractivity contribution in [3.05, 3.63) is 53.6 Å². The number of fused-ring (bicyclic) bond motifs is 1. The molecule has 1 aromatic heterocycles. The molecule has 1 heterocycles. The van der Waals surface area contributed by atoms with E-state index in [0.29, 0.717) is 0 Å². The lowest BCUT2D eigenvalue weighted by molar-refractivity contribution is 1.22. The van der Waals surface area contributed by atoms with Gasteiger partial charge in [-0.15, -0.1) is 0 Å². The Hall–Kier alpha value is -2.22. The number of para-hydroxylation sites is 1. The fourth-order valence-electron chi connectivity index (χ4n) is 2.84. The smallest absolute Gasteiger partial charge is 0.0700 e. The van der Waals surface area contributed by atoms with E-state index >= 15 is 0 Å². The molecule has 0 amide bonds. The van der Waals surface area contributed by atoms with E-state index in [1.165, 1.54) is 39.0 Å². The summed E-state index contributed by atoms with van der Waals surface area (Å²) in [6.07, 6.45) is 0. The Morgan fingerprint density at radius 3 is 2.40 bits per heavy atom. The van der Waals surface area contributed by atoms with Crippen LogP contribution >= 0.6 is 0 Å². The summed E-state index contributed by atoms with van der Waals surface area (Å²) in [6, 6.07) is 15.1. The van der Waals surface area contributed by atoms with Crippen LogP contribution in [-0.4, -0.2) is 11.5 Å². The van der Waals surface area contributed by atoms with Crippen molar-refractivity contribution < 1.29 is 0 Å². The molecule has 0 aliphatic heterocycles. The Bertz CT molecular complexity index is 733. The van der Waals surface area contributed by atoms with Crippen molar-refractivity contribution >= 4 is 16.6 Å². The van der Waals surface area contributed by atoms with Crippen LogP contribution < -0.4 is 5.32 Å². The molecular weight excluding hydrogens is 244 g/mol. The van der Waals surface area contributed by atoms with Crippen LogP contribution in [0.3, 0.4) is 0 Å². The predicted octanol–water partition coefficient (Wildman–Crippen LogP) is 4.88. The van der Waals surface area contributed by atoms with Gasteiger partial charge in [0.25, 0.3) is 0 Å². The van der Waals surface area contributed by atoms with Crippen LogP contribution in [0.4, 0.5) is 5.69 Å². The number of rotatable bonds is 3. The molecule has 0 unspecified atom stereocenters. The third kappa shape index (κ3) is 2.18. The minimum absolute atomic E-state index is 0.916. The van der Waals surface area contributed by atoms with E-state index in [-0.39, 0.29) is 0 Å². The van der Waals surface area contributed by atoms with E-state index in [9.17, 15) is 0 Å². The predicted molar refractivity (Wildman–Crippen MR) is 87.4 cm³/mol. The topological polar surface area (TPSA) is 27.8 Å². The summed E-state index contributed by atoms with van der Waals surface area (Å²) in [4.78, 5) is 3.56. The number of nitrogens with one attached hydrogen (secondary N) is 2. The molecule has 2 N–H and O–H groups in total. The lowest BCUT2D eigenvalue weighted by Crippen LogP contribution is -1.97. The first-order chi connectivity index (χ1) is 9.69. The molecule has 0 saturated heterocycles. The zero-order valence-corrected chi connectivity index (χ0v) is 12.2. The summed E-state index contributed by atoms with van der Waals surface area (Å²) in [5, 5.41) is 4.76. The lowest BCUT2D eigenvalue weighted by Gasteiger charge is -2.08. The molecule has 102 valence electrons. The Labute approximate surface area is 119 Å². The largest absolute Gasteiger partial charge is 0.383 e. The first-order valence-electron chi connectivity index (χ1n) is 7.12. The van der Waals surface area contributed by atoms with Crippen LogP contribution in [0.25, 0.3) is 22.2 Å². The minimum atomic E-state index is 0.916. The Morgan fingerprint density at radius 1 is 1.00 bits per heavy atom. The van der Waals surface area contributed by atoms with Gasteiger partial charge in [-0.3, -0.25) is 0 Å². The third-order valence-electron chi connectivity index (χ3n) is 3.57. The SMILES string of the molecule is CCNc1c(-c2cc(C)cc(C)c2)[nH]c2ccccc12. The standard InChI is InChI=1S/C18H20N2/c1-4-19-18-15-7-5-6-8-16(15)20-17(18)14-10-12(2)9-13(3)11-14/h5-11,19-20H,4H2,1-3H3. The Kier molecular flexibility index (Phi) is 3.23. The van der Waals surface area contributed by atoms with Gasteiger partial charge in [-0.25, -0.2) is 0 Å².